The average Bonchev–Trinajstić information content (AvgIpc) is 3.46. The number of hydrogen-bond acceptors (Lipinski definition) is 8. The highest BCUT2D eigenvalue weighted by Gasteiger charge is 2.33. The Morgan fingerprint density at radius 2 is 2.04 bits per heavy atom. The molecule has 1 aliphatic carbocycles. The van der Waals surface area contributed by atoms with E-state index >= 15 is 0 Å². The number of ether oxygens (including phenoxy) is 3. The molecule has 0 radical (unpaired) electrons. The van der Waals surface area contributed by atoms with Gasteiger partial charge < -0.3 is 19.5 Å². The fraction of sp³-hybridized carbons (Fsp3) is 0.438. The molecule has 0 atom stereocenters. The van der Waals surface area contributed by atoms with E-state index < -0.39 is 16.5 Å². The Morgan fingerprint density at radius 1 is 1.36 bits per heavy atom. The van der Waals surface area contributed by atoms with Crippen molar-refractivity contribution in [3.05, 3.63) is 32.3 Å². The molecule has 2 N–H and O–H groups in total. The van der Waals surface area contributed by atoms with Crippen molar-refractivity contribution in [2.24, 2.45) is 0 Å². The average molecular weight is 409 g/mol. The highest BCUT2D eigenvalue weighted by molar-refractivity contribution is 7.71. The molecule has 1 heterocycles. The first kappa shape index (κ1) is 19.6. The molecule has 1 fully saturated rings. The van der Waals surface area contributed by atoms with E-state index in [1.807, 2.05) is 4.57 Å². The number of benzene rings is 1. The van der Waals surface area contributed by atoms with E-state index in [0.717, 1.165) is 12.8 Å². The van der Waals surface area contributed by atoms with E-state index in [1.165, 1.54) is 27.4 Å². The number of H-pyrrole nitrogens is 1. The quantitative estimate of drug-likeness (QED) is 0.385. The van der Waals surface area contributed by atoms with Gasteiger partial charge in [0, 0.05) is 12.1 Å². The third kappa shape index (κ3) is 3.50. The molecule has 1 aromatic heterocycles. The molecule has 1 aromatic carbocycles. The maximum Gasteiger partial charge on any atom is 0.327 e. The summed E-state index contributed by atoms with van der Waals surface area (Å²) in [6.07, 6.45) is 1.99. The summed E-state index contributed by atoms with van der Waals surface area (Å²) in [6, 6.07) is 1.51. The van der Waals surface area contributed by atoms with Gasteiger partial charge in [-0.25, -0.2) is 0 Å². The van der Waals surface area contributed by atoms with Crippen LogP contribution in [0.5, 0.6) is 17.2 Å². The number of methoxy groups -OCH3 is 3. The zero-order valence-corrected chi connectivity index (χ0v) is 16.3. The van der Waals surface area contributed by atoms with Crippen molar-refractivity contribution in [1.29, 1.82) is 0 Å². The number of amides is 1. The molecule has 3 rings (SSSR count). The monoisotopic (exact) mass is 409 g/mol. The van der Waals surface area contributed by atoms with Crippen LogP contribution in [0, 0.1) is 14.9 Å². The van der Waals surface area contributed by atoms with Crippen LogP contribution >= 0.6 is 12.2 Å². The normalized spacial score (nSPS) is 13.1. The molecule has 1 amide bonds. The van der Waals surface area contributed by atoms with Gasteiger partial charge in [-0.1, -0.05) is 0 Å². The predicted octanol–water partition coefficient (Wildman–Crippen LogP) is 2.14. The minimum Gasteiger partial charge on any atom is -0.493 e. The predicted molar refractivity (Wildman–Crippen MR) is 99.6 cm³/mol. The van der Waals surface area contributed by atoms with Crippen LogP contribution in [0.15, 0.2) is 6.07 Å². The first-order valence-corrected chi connectivity index (χ1v) is 8.75. The van der Waals surface area contributed by atoms with Crippen LogP contribution in [0.25, 0.3) is 0 Å². The van der Waals surface area contributed by atoms with Crippen molar-refractivity contribution in [2.45, 2.75) is 25.4 Å². The first-order valence-electron chi connectivity index (χ1n) is 8.34. The van der Waals surface area contributed by atoms with Crippen molar-refractivity contribution in [3.63, 3.8) is 0 Å². The number of hydrogen-bond donors (Lipinski definition) is 2. The van der Waals surface area contributed by atoms with Gasteiger partial charge in [0.05, 0.1) is 32.8 Å². The van der Waals surface area contributed by atoms with Crippen LogP contribution in [-0.4, -0.2) is 46.9 Å². The van der Waals surface area contributed by atoms with Gasteiger partial charge in [-0.2, -0.15) is 5.10 Å². The lowest BCUT2D eigenvalue weighted by atomic mass is 10.1. The Bertz CT molecular complexity index is 981. The Hall–Kier alpha value is -3.15. The molecular weight excluding hydrogens is 390 g/mol. The van der Waals surface area contributed by atoms with Crippen LogP contribution in [0.2, 0.25) is 0 Å². The van der Waals surface area contributed by atoms with E-state index in [2.05, 4.69) is 15.5 Å². The molecule has 1 saturated carbocycles. The number of rotatable bonds is 8. The second-order valence-electron chi connectivity index (χ2n) is 6.03. The van der Waals surface area contributed by atoms with Crippen molar-refractivity contribution in [3.8, 4) is 17.2 Å². The summed E-state index contributed by atoms with van der Waals surface area (Å²) in [6.45, 7) is 0.0519. The maximum absolute atomic E-state index is 12.7. The fourth-order valence-corrected chi connectivity index (χ4v) is 3.22. The van der Waals surface area contributed by atoms with Crippen molar-refractivity contribution >= 4 is 23.8 Å². The van der Waals surface area contributed by atoms with Crippen molar-refractivity contribution in [2.75, 3.05) is 21.3 Å². The van der Waals surface area contributed by atoms with Crippen LogP contribution in [0.4, 0.5) is 5.69 Å². The van der Waals surface area contributed by atoms with Gasteiger partial charge in [-0.3, -0.25) is 24.6 Å². The van der Waals surface area contributed by atoms with Gasteiger partial charge in [0.2, 0.25) is 11.5 Å². The lowest BCUT2D eigenvalue weighted by Crippen LogP contribution is -2.26. The smallest absolute Gasteiger partial charge is 0.327 e. The van der Waals surface area contributed by atoms with Crippen LogP contribution in [-0.2, 0) is 6.54 Å². The second-order valence-corrected chi connectivity index (χ2v) is 6.41. The van der Waals surface area contributed by atoms with Crippen LogP contribution < -0.4 is 19.5 Å². The minimum absolute atomic E-state index is 0.0304. The fourth-order valence-electron chi connectivity index (χ4n) is 2.92. The Balaban J connectivity index is 1.94. The summed E-state index contributed by atoms with van der Waals surface area (Å²) in [7, 11) is 3.93. The molecule has 12 heteroatoms. The molecule has 28 heavy (non-hydrogen) atoms. The van der Waals surface area contributed by atoms with Gasteiger partial charge in [-0.15, -0.1) is 0 Å². The topological polar surface area (TPSA) is 134 Å². The highest BCUT2D eigenvalue weighted by Crippen LogP contribution is 2.46. The van der Waals surface area contributed by atoms with E-state index in [0.29, 0.717) is 10.6 Å². The van der Waals surface area contributed by atoms with Gasteiger partial charge in [0.1, 0.15) is 5.56 Å². The molecule has 1 aliphatic rings. The Kier molecular flexibility index (Phi) is 5.49. The van der Waals surface area contributed by atoms with E-state index in [9.17, 15) is 14.9 Å². The van der Waals surface area contributed by atoms with Gasteiger partial charge >= 0.3 is 5.69 Å². The third-order valence-electron chi connectivity index (χ3n) is 4.33. The Morgan fingerprint density at radius 3 is 2.57 bits per heavy atom. The molecule has 2 aromatic rings. The molecule has 0 spiro atoms. The van der Waals surface area contributed by atoms with Gasteiger partial charge in [-0.05, 0) is 25.1 Å². The zero-order valence-electron chi connectivity index (χ0n) is 15.5. The summed E-state index contributed by atoms with van der Waals surface area (Å²) in [4.78, 5) is 23.7. The molecule has 0 aliphatic heterocycles. The number of carbonyl (C=O) groups is 1. The lowest BCUT2D eigenvalue weighted by Gasteiger charge is -2.15. The molecule has 0 saturated heterocycles. The molecule has 0 unspecified atom stereocenters. The van der Waals surface area contributed by atoms with Crippen molar-refractivity contribution in [1.82, 2.24) is 20.1 Å². The maximum atomic E-state index is 12.7. The van der Waals surface area contributed by atoms with Crippen LogP contribution in [0.1, 0.15) is 35.1 Å². The van der Waals surface area contributed by atoms with Crippen LogP contribution in [0.3, 0.4) is 0 Å². The second kappa shape index (κ2) is 7.84. The van der Waals surface area contributed by atoms with E-state index in [1.54, 1.807) is 0 Å². The molecular formula is C16H19N5O6S. The number of nitro groups is 1. The number of aromatic nitrogens is 3. The number of carbonyl (C=O) groups excluding carboxylic acids is 1. The van der Waals surface area contributed by atoms with Crippen molar-refractivity contribution < 1.29 is 23.9 Å². The van der Waals surface area contributed by atoms with Gasteiger partial charge in [0.25, 0.3) is 5.91 Å². The molecule has 11 nitrogen and oxygen atoms in total. The largest absolute Gasteiger partial charge is 0.493 e. The van der Waals surface area contributed by atoms with E-state index in [4.69, 9.17) is 26.4 Å². The molecule has 0 bridgehead atoms. The standard InChI is InChI=1S/C16H19N5O6S/c1-25-10-6-9(12(21(23)24)14(27-3)13(10)26-2)15(22)17-7-11-18-19-16(28)20(11)8-4-5-8/h6,8H,4-5,7H2,1-3H3,(H,17,22)(H,19,28). The summed E-state index contributed by atoms with van der Waals surface area (Å²) in [5.74, 6) is -0.158. The third-order valence-corrected chi connectivity index (χ3v) is 4.62. The lowest BCUT2D eigenvalue weighted by molar-refractivity contribution is -0.386. The van der Waals surface area contributed by atoms with E-state index in [-0.39, 0.29) is 35.4 Å². The SMILES string of the molecule is COc1cc(C(=O)NCc2n[nH]c(=S)n2C2CC2)c([N+](=O)[O-])c(OC)c1OC. The zero-order chi connectivity index (χ0) is 20.4. The minimum atomic E-state index is -0.698. The highest BCUT2D eigenvalue weighted by atomic mass is 32.1. The number of nitro benzene ring substituents is 1. The summed E-state index contributed by atoms with van der Waals surface area (Å²) >= 11 is 5.21. The number of nitrogens with one attached hydrogen (secondary N) is 2. The van der Waals surface area contributed by atoms with Gasteiger partial charge in [0.15, 0.2) is 16.3 Å². The summed E-state index contributed by atoms with van der Waals surface area (Å²) < 4.78 is 17.8. The first-order chi connectivity index (χ1) is 13.4. The number of nitrogens with zero attached hydrogens (tertiary/aromatic N) is 3. The Labute approximate surface area is 164 Å². The summed E-state index contributed by atoms with van der Waals surface area (Å²) in [5.41, 5.74) is -0.731. The molecule has 150 valence electrons. The summed E-state index contributed by atoms with van der Waals surface area (Å²) in [5, 5.41) is 21.1. The number of aromatic amines is 1.